The third-order valence-electron chi connectivity index (χ3n) is 3.24. The van der Waals surface area contributed by atoms with Crippen molar-refractivity contribution in [2.75, 3.05) is 6.61 Å². The number of ether oxygens (including phenoxy) is 2. The molecule has 1 N–H and O–H groups in total. The molecule has 4 nitrogen and oxygen atoms in total. The van der Waals surface area contributed by atoms with E-state index < -0.39 is 12.1 Å². The van der Waals surface area contributed by atoms with Crippen LogP contribution in [0, 0.1) is 0 Å². The molecule has 2 aromatic carbocycles. The molecule has 20 heavy (non-hydrogen) atoms. The zero-order chi connectivity index (χ0) is 14.1. The van der Waals surface area contributed by atoms with E-state index in [1.165, 1.54) is 6.07 Å². The van der Waals surface area contributed by atoms with Crippen molar-refractivity contribution in [3.63, 3.8) is 0 Å². The maximum atomic E-state index is 12.0. The van der Waals surface area contributed by atoms with Gasteiger partial charge in [0.2, 0.25) is 6.10 Å². The van der Waals surface area contributed by atoms with Crippen LogP contribution in [-0.2, 0) is 9.53 Å². The van der Waals surface area contributed by atoms with E-state index in [4.69, 9.17) is 9.47 Å². The number of esters is 1. The van der Waals surface area contributed by atoms with E-state index in [0.29, 0.717) is 12.4 Å². The van der Waals surface area contributed by atoms with Crippen LogP contribution in [0.25, 0.3) is 11.1 Å². The molecule has 1 unspecified atom stereocenters. The van der Waals surface area contributed by atoms with Crippen molar-refractivity contribution in [3.05, 3.63) is 48.0 Å². The molecule has 0 aliphatic carbocycles. The van der Waals surface area contributed by atoms with Gasteiger partial charge in [-0.05, 0) is 30.7 Å². The zero-order valence-electron chi connectivity index (χ0n) is 11.0. The summed E-state index contributed by atoms with van der Waals surface area (Å²) in [5, 5.41) is 9.63. The minimum atomic E-state index is -0.761. The molecule has 1 atom stereocenters. The summed E-state index contributed by atoms with van der Waals surface area (Å²) in [7, 11) is 0. The Kier molecular flexibility index (Phi) is 3.06. The number of rotatable bonds is 2. The summed E-state index contributed by atoms with van der Waals surface area (Å²) >= 11 is 0. The predicted octanol–water partition coefficient (Wildman–Crippen LogP) is 3.06. The van der Waals surface area contributed by atoms with Gasteiger partial charge in [-0.2, -0.15) is 0 Å². The Morgan fingerprint density at radius 3 is 2.85 bits per heavy atom. The SMILES string of the molecule is CCOC(=O)C1Oc2ccc(O)cc2-c2ccccc21. The molecular formula is C16H14O4. The van der Waals surface area contributed by atoms with Crippen molar-refractivity contribution < 1.29 is 19.4 Å². The number of aromatic hydroxyl groups is 1. The molecule has 4 heteroatoms. The van der Waals surface area contributed by atoms with Gasteiger partial charge in [0.05, 0.1) is 6.61 Å². The third kappa shape index (κ3) is 1.99. The average Bonchev–Trinajstić information content (AvgIpc) is 2.47. The van der Waals surface area contributed by atoms with Crippen molar-refractivity contribution in [2.45, 2.75) is 13.0 Å². The lowest BCUT2D eigenvalue weighted by Crippen LogP contribution is -2.24. The highest BCUT2D eigenvalue weighted by molar-refractivity contribution is 5.86. The smallest absolute Gasteiger partial charge is 0.352 e. The lowest BCUT2D eigenvalue weighted by molar-refractivity contribution is -0.151. The monoisotopic (exact) mass is 270 g/mol. The second kappa shape index (κ2) is 4.89. The topological polar surface area (TPSA) is 55.8 Å². The average molecular weight is 270 g/mol. The van der Waals surface area contributed by atoms with Crippen LogP contribution in [0.5, 0.6) is 11.5 Å². The van der Waals surface area contributed by atoms with E-state index in [1.807, 2.05) is 24.3 Å². The highest BCUT2D eigenvalue weighted by Gasteiger charge is 2.32. The lowest BCUT2D eigenvalue weighted by Gasteiger charge is -2.27. The van der Waals surface area contributed by atoms with E-state index >= 15 is 0 Å². The van der Waals surface area contributed by atoms with E-state index in [9.17, 15) is 9.90 Å². The van der Waals surface area contributed by atoms with Crippen molar-refractivity contribution in [2.24, 2.45) is 0 Å². The molecule has 0 radical (unpaired) electrons. The highest BCUT2D eigenvalue weighted by Crippen LogP contribution is 2.43. The first kappa shape index (κ1) is 12.5. The van der Waals surface area contributed by atoms with Crippen LogP contribution in [0.3, 0.4) is 0 Å². The van der Waals surface area contributed by atoms with E-state index in [2.05, 4.69) is 0 Å². The summed E-state index contributed by atoms with van der Waals surface area (Å²) < 4.78 is 10.8. The Labute approximate surface area is 116 Å². The fourth-order valence-corrected chi connectivity index (χ4v) is 2.39. The number of phenols is 1. The van der Waals surface area contributed by atoms with Gasteiger partial charge in [-0.1, -0.05) is 24.3 Å². The number of benzene rings is 2. The van der Waals surface area contributed by atoms with Gasteiger partial charge in [-0.25, -0.2) is 4.79 Å². The Morgan fingerprint density at radius 1 is 1.25 bits per heavy atom. The number of hydrogen-bond donors (Lipinski definition) is 1. The molecular weight excluding hydrogens is 256 g/mol. The van der Waals surface area contributed by atoms with Crippen LogP contribution >= 0.6 is 0 Å². The number of carbonyl (C=O) groups is 1. The first-order valence-electron chi connectivity index (χ1n) is 6.46. The van der Waals surface area contributed by atoms with E-state index in [0.717, 1.165) is 16.7 Å². The zero-order valence-corrected chi connectivity index (χ0v) is 11.0. The van der Waals surface area contributed by atoms with Crippen LogP contribution in [0.2, 0.25) is 0 Å². The number of phenolic OH excluding ortho intramolecular Hbond substituents is 1. The van der Waals surface area contributed by atoms with Gasteiger partial charge in [-0.15, -0.1) is 0 Å². The van der Waals surface area contributed by atoms with Crippen molar-refractivity contribution in [3.8, 4) is 22.6 Å². The molecule has 0 amide bonds. The molecule has 0 bridgehead atoms. The van der Waals surface area contributed by atoms with Crippen molar-refractivity contribution in [1.82, 2.24) is 0 Å². The normalized spacial score (nSPS) is 15.8. The number of hydrogen-bond acceptors (Lipinski definition) is 4. The van der Waals surface area contributed by atoms with E-state index in [-0.39, 0.29) is 5.75 Å². The molecule has 0 aromatic heterocycles. The Hall–Kier alpha value is -2.49. The van der Waals surface area contributed by atoms with Crippen LogP contribution in [0.4, 0.5) is 0 Å². The maximum Gasteiger partial charge on any atom is 0.352 e. The molecule has 2 aromatic rings. The van der Waals surface area contributed by atoms with Gasteiger partial charge < -0.3 is 14.6 Å². The maximum absolute atomic E-state index is 12.0. The minimum absolute atomic E-state index is 0.164. The van der Waals surface area contributed by atoms with Crippen molar-refractivity contribution >= 4 is 5.97 Å². The van der Waals surface area contributed by atoms with Gasteiger partial charge >= 0.3 is 5.97 Å². The van der Waals surface area contributed by atoms with Crippen molar-refractivity contribution in [1.29, 1.82) is 0 Å². The molecule has 1 aliphatic heterocycles. The molecule has 0 saturated heterocycles. The molecule has 0 fully saturated rings. The molecule has 3 rings (SSSR count). The first-order valence-corrected chi connectivity index (χ1v) is 6.46. The largest absolute Gasteiger partial charge is 0.508 e. The van der Waals surface area contributed by atoms with Gasteiger partial charge in [0.25, 0.3) is 0 Å². The lowest BCUT2D eigenvalue weighted by atomic mass is 9.92. The van der Waals surface area contributed by atoms with Gasteiger partial charge in [0.1, 0.15) is 11.5 Å². The Morgan fingerprint density at radius 2 is 2.05 bits per heavy atom. The van der Waals surface area contributed by atoms with Gasteiger partial charge in [0.15, 0.2) is 0 Å². The summed E-state index contributed by atoms with van der Waals surface area (Å²) in [5.74, 6) is 0.329. The van der Waals surface area contributed by atoms with Crippen LogP contribution < -0.4 is 4.74 Å². The molecule has 0 spiro atoms. The Balaban J connectivity index is 2.13. The molecule has 0 saturated carbocycles. The number of carbonyl (C=O) groups excluding carboxylic acids is 1. The summed E-state index contributed by atoms with van der Waals surface area (Å²) in [6.45, 7) is 2.07. The molecule has 102 valence electrons. The summed E-state index contributed by atoms with van der Waals surface area (Å²) in [6, 6.07) is 12.3. The summed E-state index contributed by atoms with van der Waals surface area (Å²) in [4.78, 5) is 12.0. The summed E-state index contributed by atoms with van der Waals surface area (Å²) in [6.07, 6.45) is -0.761. The quantitative estimate of drug-likeness (QED) is 0.852. The summed E-state index contributed by atoms with van der Waals surface area (Å²) in [5.41, 5.74) is 2.41. The van der Waals surface area contributed by atoms with Crippen LogP contribution in [-0.4, -0.2) is 17.7 Å². The second-order valence-electron chi connectivity index (χ2n) is 4.52. The van der Waals surface area contributed by atoms with Crippen LogP contribution in [0.1, 0.15) is 18.6 Å². The van der Waals surface area contributed by atoms with Gasteiger partial charge in [-0.3, -0.25) is 0 Å². The third-order valence-corrected chi connectivity index (χ3v) is 3.24. The molecule has 1 aliphatic rings. The fraction of sp³-hybridized carbons (Fsp3) is 0.188. The number of fused-ring (bicyclic) bond motifs is 3. The highest BCUT2D eigenvalue weighted by atomic mass is 16.6. The fourth-order valence-electron chi connectivity index (χ4n) is 2.39. The van der Waals surface area contributed by atoms with E-state index in [1.54, 1.807) is 19.1 Å². The van der Waals surface area contributed by atoms with Crippen LogP contribution in [0.15, 0.2) is 42.5 Å². The second-order valence-corrected chi connectivity index (χ2v) is 4.52. The standard InChI is InChI=1S/C16H14O4/c1-2-19-16(18)15-12-6-4-3-5-11(12)13-9-10(17)7-8-14(13)20-15/h3-9,15,17H,2H2,1H3. The predicted molar refractivity (Wildman–Crippen MR) is 73.5 cm³/mol. The first-order chi connectivity index (χ1) is 9.70. The minimum Gasteiger partial charge on any atom is -0.508 e. The molecule has 1 heterocycles. The van der Waals surface area contributed by atoms with Gasteiger partial charge in [0, 0.05) is 11.1 Å². The Bertz CT molecular complexity index is 663.